The fourth-order valence-corrected chi connectivity index (χ4v) is 2.54. The summed E-state index contributed by atoms with van der Waals surface area (Å²) >= 11 is 0. The molecule has 0 aromatic heterocycles. The lowest BCUT2D eigenvalue weighted by Gasteiger charge is -2.19. The normalized spacial score (nSPS) is 11.2. The van der Waals surface area contributed by atoms with Gasteiger partial charge in [0.1, 0.15) is 11.5 Å². The Morgan fingerprint density at radius 2 is 1.75 bits per heavy atom. The first kappa shape index (κ1) is 17.7. The number of amides is 1. The standard InChI is InChI=1S/C17H16F3NO3/c1-23-14-6-4-3-5-10(14)9-12-13(17(18,19)20)8-7-11(16(21)22)15(12)24-2/h3-8H,9H2,1-2H3,(H2,21,22). The van der Waals surface area contributed by atoms with Crippen molar-refractivity contribution in [3.05, 3.63) is 58.7 Å². The summed E-state index contributed by atoms with van der Waals surface area (Å²) in [6.45, 7) is 0. The van der Waals surface area contributed by atoms with Crippen LogP contribution < -0.4 is 15.2 Å². The average Bonchev–Trinajstić information content (AvgIpc) is 2.53. The Balaban J connectivity index is 2.68. The maximum absolute atomic E-state index is 13.4. The minimum Gasteiger partial charge on any atom is -0.496 e. The topological polar surface area (TPSA) is 61.5 Å². The molecule has 0 radical (unpaired) electrons. The molecule has 1 amide bonds. The smallest absolute Gasteiger partial charge is 0.416 e. The van der Waals surface area contributed by atoms with Gasteiger partial charge in [-0.25, -0.2) is 0 Å². The van der Waals surface area contributed by atoms with E-state index in [-0.39, 0.29) is 23.3 Å². The zero-order chi connectivity index (χ0) is 17.9. The van der Waals surface area contributed by atoms with Crippen LogP contribution in [0.5, 0.6) is 11.5 Å². The summed E-state index contributed by atoms with van der Waals surface area (Å²) in [7, 11) is 2.63. The lowest BCUT2D eigenvalue weighted by atomic mass is 9.95. The third-order valence-electron chi connectivity index (χ3n) is 3.60. The summed E-state index contributed by atoms with van der Waals surface area (Å²) in [5.74, 6) is -0.595. The molecule has 0 aliphatic rings. The zero-order valence-corrected chi connectivity index (χ0v) is 13.1. The highest BCUT2D eigenvalue weighted by atomic mass is 19.4. The summed E-state index contributed by atoms with van der Waals surface area (Å²) in [4.78, 5) is 11.5. The van der Waals surface area contributed by atoms with Gasteiger partial charge in [-0.05, 0) is 23.8 Å². The van der Waals surface area contributed by atoms with Crippen LogP contribution >= 0.6 is 0 Å². The van der Waals surface area contributed by atoms with Gasteiger partial charge in [-0.15, -0.1) is 0 Å². The lowest BCUT2D eigenvalue weighted by Crippen LogP contribution is -2.17. The fourth-order valence-electron chi connectivity index (χ4n) is 2.54. The molecule has 0 bridgehead atoms. The molecule has 0 heterocycles. The molecule has 7 heteroatoms. The second-order valence-electron chi connectivity index (χ2n) is 5.02. The Morgan fingerprint density at radius 1 is 1.08 bits per heavy atom. The molecule has 24 heavy (non-hydrogen) atoms. The van der Waals surface area contributed by atoms with E-state index in [1.807, 2.05) is 0 Å². The molecule has 2 aromatic rings. The molecule has 0 aliphatic carbocycles. The summed E-state index contributed by atoms with van der Waals surface area (Å²) in [5.41, 5.74) is 4.63. The molecule has 2 rings (SSSR count). The molecule has 2 aromatic carbocycles. The molecule has 0 spiro atoms. The van der Waals surface area contributed by atoms with Crippen molar-refractivity contribution in [1.82, 2.24) is 0 Å². The number of primary amides is 1. The van der Waals surface area contributed by atoms with E-state index in [2.05, 4.69) is 0 Å². The van der Waals surface area contributed by atoms with E-state index in [4.69, 9.17) is 15.2 Å². The predicted molar refractivity (Wildman–Crippen MR) is 82.3 cm³/mol. The van der Waals surface area contributed by atoms with Crippen LogP contribution in [0.2, 0.25) is 0 Å². The first-order valence-corrected chi connectivity index (χ1v) is 6.98. The molecule has 0 unspecified atom stereocenters. The Bertz CT molecular complexity index is 757. The highest BCUT2D eigenvalue weighted by molar-refractivity contribution is 5.96. The van der Waals surface area contributed by atoms with Crippen LogP contribution in [0.15, 0.2) is 36.4 Å². The van der Waals surface area contributed by atoms with Gasteiger partial charge in [0.25, 0.3) is 5.91 Å². The van der Waals surface area contributed by atoms with Crippen LogP contribution in [0.4, 0.5) is 13.2 Å². The first-order chi connectivity index (χ1) is 11.3. The van der Waals surface area contributed by atoms with Crippen LogP contribution in [0.1, 0.15) is 27.0 Å². The van der Waals surface area contributed by atoms with E-state index in [0.29, 0.717) is 11.3 Å². The van der Waals surface area contributed by atoms with Gasteiger partial charge >= 0.3 is 6.18 Å². The number of alkyl halides is 3. The van der Waals surface area contributed by atoms with Crippen molar-refractivity contribution in [2.75, 3.05) is 14.2 Å². The Morgan fingerprint density at radius 3 is 2.29 bits per heavy atom. The number of carbonyl (C=O) groups excluding carboxylic acids is 1. The Labute approximate surface area is 137 Å². The van der Waals surface area contributed by atoms with Gasteiger partial charge in [0.05, 0.1) is 25.3 Å². The number of carbonyl (C=O) groups is 1. The van der Waals surface area contributed by atoms with Crippen LogP contribution in [-0.2, 0) is 12.6 Å². The summed E-state index contributed by atoms with van der Waals surface area (Å²) in [6, 6.07) is 8.56. The van der Waals surface area contributed by atoms with Gasteiger partial charge in [-0.2, -0.15) is 13.2 Å². The third kappa shape index (κ3) is 3.45. The number of para-hydroxylation sites is 1. The van der Waals surface area contributed by atoms with Gasteiger partial charge in [0, 0.05) is 12.0 Å². The first-order valence-electron chi connectivity index (χ1n) is 6.98. The van der Waals surface area contributed by atoms with E-state index in [0.717, 1.165) is 12.1 Å². The summed E-state index contributed by atoms with van der Waals surface area (Å²) < 4.78 is 50.4. The minimum atomic E-state index is -4.60. The molecule has 128 valence electrons. The molecule has 2 N–H and O–H groups in total. The van der Waals surface area contributed by atoms with E-state index in [1.54, 1.807) is 24.3 Å². The number of ether oxygens (including phenoxy) is 2. The van der Waals surface area contributed by atoms with Crippen LogP contribution in [0, 0.1) is 0 Å². The van der Waals surface area contributed by atoms with Crippen LogP contribution in [-0.4, -0.2) is 20.1 Å². The van der Waals surface area contributed by atoms with Crippen molar-refractivity contribution in [3.63, 3.8) is 0 Å². The maximum atomic E-state index is 13.4. The van der Waals surface area contributed by atoms with Gasteiger partial charge < -0.3 is 15.2 Å². The molecular weight excluding hydrogens is 323 g/mol. The number of methoxy groups -OCH3 is 2. The molecule has 0 aliphatic heterocycles. The number of rotatable bonds is 5. The van der Waals surface area contributed by atoms with Crippen LogP contribution in [0.25, 0.3) is 0 Å². The number of halogens is 3. The molecule has 0 atom stereocenters. The monoisotopic (exact) mass is 339 g/mol. The number of hydrogen-bond donors (Lipinski definition) is 1. The minimum absolute atomic E-state index is 0.101. The van der Waals surface area contributed by atoms with Gasteiger partial charge in [-0.1, -0.05) is 18.2 Å². The summed E-state index contributed by atoms with van der Waals surface area (Å²) in [6.07, 6.45) is -4.72. The van der Waals surface area contributed by atoms with E-state index in [9.17, 15) is 18.0 Å². The molecule has 0 saturated carbocycles. The zero-order valence-electron chi connectivity index (χ0n) is 13.1. The maximum Gasteiger partial charge on any atom is 0.416 e. The van der Waals surface area contributed by atoms with Crippen molar-refractivity contribution in [3.8, 4) is 11.5 Å². The quantitative estimate of drug-likeness (QED) is 0.908. The Kier molecular flexibility index (Phi) is 5.02. The second-order valence-corrected chi connectivity index (χ2v) is 5.02. The van der Waals surface area contributed by atoms with E-state index >= 15 is 0 Å². The third-order valence-corrected chi connectivity index (χ3v) is 3.60. The molecule has 0 fully saturated rings. The second kappa shape index (κ2) is 6.82. The summed E-state index contributed by atoms with van der Waals surface area (Å²) in [5, 5.41) is 0. The highest BCUT2D eigenvalue weighted by Crippen LogP contribution is 2.39. The number of benzene rings is 2. The SMILES string of the molecule is COc1ccccc1Cc1c(C(F)(F)F)ccc(C(N)=O)c1OC. The van der Waals surface area contributed by atoms with Crippen LogP contribution in [0.3, 0.4) is 0 Å². The van der Waals surface area contributed by atoms with Crippen molar-refractivity contribution in [1.29, 1.82) is 0 Å². The molecular formula is C17H16F3NO3. The van der Waals surface area contributed by atoms with Gasteiger partial charge in [0.2, 0.25) is 0 Å². The van der Waals surface area contributed by atoms with Gasteiger partial charge in [0.15, 0.2) is 0 Å². The highest BCUT2D eigenvalue weighted by Gasteiger charge is 2.36. The van der Waals surface area contributed by atoms with Gasteiger partial charge in [-0.3, -0.25) is 4.79 Å². The number of hydrogen-bond acceptors (Lipinski definition) is 3. The Hall–Kier alpha value is -2.70. The average molecular weight is 339 g/mol. The van der Waals surface area contributed by atoms with E-state index in [1.165, 1.54) is 14.2 Å². The fraction of sp³-hybridized carbons (Fsp3) is 0.235. The number of nitrogens with two attached hydrogens (primary N) is 1. The largest absolute Gasteiger partial charge is 0.496 e. The molecule has 0 saturated heterocycles. The lowest BCUT2D eigenvalue weighted by molar-refractivity contribution is -0.138. The van der Waals surface area contributed by atoms with Crippen molar-refractivity contribution in [2.45, 2.75) is 12.6 Å². The van der Waals surface area contributed by atoms with Crippen molar-refractivity contribution < 1.29 is 27.4 Å². The van der Waals surface area contributed by atoms with Crippen molar-refractivity contribution in [2.24, 2.45) is 5.73 Å². The van der Waals surface area contributed by atoms with E-state index < -0.39 is 17.6 Å². The molecule has 4 nitrogen and oxygen atoms in total. The predicted octanol–water partition coefficient (Wildman–Crippen LogP) is 3.41. The van der Waals surface area contributed by atoms with Crippen molar-refractivity contribution >= 4 is 5.91 Å².